The summed E-state index contributed by atoms with van der Waals surface area (Å²) in [5.41, 5.74) is 1.14. The minimum atomic E-state index is 0.278. The second-order valence-electron chi connectivity index (χ2n) is 5.74. The molecule has 1 aromatic carbocycles. The van der Waals surface area contributed by atoms with Crippen molar-refractivity contribution in [1.29, 1.82) is 0 Å². The summed E-state index contributed by atoms with van der Waals surface area (Å²) in [6.45, 7) is 4.09. The Morgan fingerprint density at radius 3 is 2.86 bits per heavy atom. The van der Waals surface area contributed by atoms with E-state index in [1.807, 2.05) is 18.2 Å². The Balaban J connectivity index is 1.99. The van der Waals surface area contributed by atoms with Gasteiger partial charge in [0, 0.05) is 22.7 Å². The minimum absolute atomic E-state index is 0.278. The summed E-state index contributed by atoms with van der Waals surface area (Å²) in [4.78, 5) is 0. The zero-order valence-corrected chi connectivity index (χ0v) is 14.2. The maximum Gasteiger partial charge on any atom is 0.0575 e. The van der Waals surface area contributed by atoms with E-state index in [2.05, 4.69) is 12.2 Å². The molecule has 2 rings (SSSR count). The summed E-state index contributed by atoms with van der Waals surface area (Å²) in [5.74, 6) is 0. The van der Waals surface area contributed by atoms with Crippen molar-refractivity contribution in [2.75, 3.05) is 13.2 Å². The van der Waals surface area contributed by atoms with Gasteiger partial charge in [0.2, 0.25) is 0 Å². The van der Waals surface area contributed by atoms with E-state index in [9.17, 15) is 0 Å². The summed E-state index contributed by atoms with van der Waals surface area (Å²) in [6, 6.07) is 6.07. The zero-order valence-electron chi connectivity index (χ0n) is 12.7. The van der Waals surface area contributed by atoms with Crippen molar-refractivity contribution in [2.24, 2.45) is 0 Å². The highest BCUT2D eigenvalue weighted by atomic mass is 35.5. The predicted molar refractivity (Wildman–Crippen MR) is 90.3 cm³/mol. The van der Waals surface area contributed by atoms with Crippen molar-refractivity contribution in [3.8, 4) is 0 Å². The molecule has 1 aliphatic rings. The van der Waals surface area contributed by atoms with E-state index in [0.717, 1.165) is 43.0 Å². The van der Waals surface area contributed by atoms with Gasteiger partial charge < -0.3 is 10.1 Å². The fraction of sp³-hybridized carbons (Fsp3) is 0.647. The Kier molecular flexibility index (Phi) is 7.31. The van der Waals surface area contributed by atoms with E-state index < -0.39 is 0 Å². The largest absolute Gasteiger partial charge is 0.378 e. The standard InChI is InChI=1S/C17H25Cl2NO/c1-2-10-20-17(9-7-14-5-3-4-11-21-14)15-8-6-13(18)12-16(15)19/h6,8,12,14,17,20H,2-5,7,9-11H2,1H3. The van der Waals surface area contributed by atoms with E-state index >= 15 is 0 Å². The van der Waals surface area contributed by atoms with Crippen LogP contribution in [0.1, 0.15) is 57.1 Å². The van der Waals surface area contributed by atoms with Gasteiger partial charge in [0.05, 0.1) is 6.10 Å². The fourth-order valence-corrected chi connectivity index (χ4v) is 3.40. The van der Waals surface area contributed by atoms with E-state index in [1.54, 1.807) is 0 Å². The molecular weight excluding hydrogens is 305 g/mol. The first-order valence-electron chi connectivity index (χ1n) is 8.00. The minimum Gasteiger partial charge on any atom is -0.378 e. The molecule has 1 saturated heterocycles. The molecule has 118 valence electrons. The Bertz CT molecular complexity index is 433. The molecule has 21 heavy (non-hydrogen) atoms. The van der Waals surface area contributed by atoms with Crippen LogP contribution in [-0.2, 0) is 4.74 Å². The molecule has 0 bridgehead atoms. The molecular formula is C17H25Cl2NO. The van der Waals surface area contributed by atoms with Crippen molar-refractivity contribution in [2.45, 2.75) is 57.6 Å². The van der Waals surface area contributed by atoms with Gasteiger partial charge in [-0.2, -0.15) is 0 Å². The van der Waals surface area contributed by atoms with Crippen LogP contribution >= 0.6 is 23.2 Å². The smallest absolute Gasteiger partial charge is 0.0575 e. The normalized spacial score (nSPS) is 20.4. The van der Waals surface area contributed by atoms with Gasteiger partial charge in [0.1, 0.15) is 0 Å². The molecule has 1 N–H and O–H groups in total. The van der Waals surface area contributed by atoms with Gasteiger partial charge in [0.15, 0.2) is 0 Å². The molecule has 1 heterocycles. The van der Waals surface area contributed by atoms with Crippen LogP contribution in [0.2, 0.25) is 10.0 Å². The Hall–Kier alpha value is -0.280. The van der Waals surface area contributed by atoms with Gasteiger partial charge in [-0.3, -0.25) is 0 Å². The van der Waals surface area contributed by atoms with Crippen LogP contribution in [0.5, 0.6) is 0 Å². The molecule has 2 atom stereocenters. The first-order valence-corrected chi connectivity index (χ1v) is 8.76. The molecule has 0 radical (unpaired) electrons. The molecule has 1 aliphatic heterocycles. The predicted octanol–water partition coefficient (Wildman–Crippen LogP) is 5.38. The third kappa shape index (κ3) is 5.45. The number of rotatable bonds is 7. The number of hydrogen-bond donors (Lipinski definition) is 1. The van der Waals surface area contributed by atoms with E-state index in [-0.39, 0.29) is 6.04 Å². The lowest BCUT2D eigenvalue weighted by Gasteiger charge is -2.26. The Morgan fingerprint density at radius 2 is 2.19 bits per heavy atom. The van der Waals surface area contributed by atoms with Gasteiger partial charge in [-0.25, -0.2) is 0 Å². The first-order chi connectivity index (χ1) is 10.2. The number of ether oxygens (including phenoxy) is 1. The third-order valence-corrected chi connectivity index (χ3v) is 4.59. The molecule has 2 nitrogen and oxygen atoms in total. The average Bonchev–Trinajstić information content (AvgIpc) is 2.49. The second-order valence-corrected chi connectivity index (χ2v) is 6.58. The highest BCUT2D eigenvalue weighted by molar-refractivity contribution is 6.35. The summed E-state index contributed by atoms with van der Waals surface area (Å²) in [6.07, 6.45) is 7.34. The average molecular weight is 330 g/mol. The van der Waals surface area contributed by atoms with Crippen molar-refractivity contribution in [3.05, 3.63) is 33.8 Å². The molecule has 0 spiro atoms. The van der Waals surface area contributed by atoms with Crippen molar-refractivity contribution < 1.29 is 4.74 Å². The van der Waals surface area contributed by atoms with Crippen molar-refractivity contribution in [3.63, 3.8) is 0 Å². The number of halogens is 2. The highest BCUT2D eigenvalue weighted by Gasteiger charge is 2.19. The van der Waals surface area contributed by atoms with Crippen LogP contribution < -0.4 is 5.32 Å². The molecule has 0 aliphatic carbocycles. The van der Waals surface area contributed by atoms with Gasteiger partial charge in [-0.1, -0.05) is 36.2 Å². The first kappa shape index (κ1) is 17.1. The van der Waals surface area contributed by atoms with Crippen LogP contribution in [-0.4, -0.2) is 19.3 Å². The van der Waals surface area contributed by atoms with Gasteiger partial charge in [-0.05, 0) is 62.8 Å². The SMILES string of the molecule is CCCNC(CCC1CCCCO1)c1ccc(Cl)cc1Cl. The highest BCUT2D eigenvalue weighted by Crippen LogP contribution is 2.30. The van der Waals surface area contributed by atoms with Crippen molar-refractivity contribution in [1.82, 2.24) is 5.32 Å². The second kappa shape index (κ2) is 8.99. The Labute approximate surface area is 138 Å². The zero-order chi connectivity index (χ0) is 15.1. The van der Waals surface area contributed by atoms with Gasteiger partial charge >= 0.3 is 0 Å². The Morgan fingerprint density at radius 1 is 1.33 bits per heavy atom. The molecule has 1 aromatic rings. The number of nitrogens with one attached hydrogen (secondary N) is 1. The van der Waals surface area contributed by atoms with Crippen LogP contribution in [0.25, 0.3) is 0 Å². The maximum absolute atomic E-state index is 6.37. The molecule has 4 heteroatoms. The topological polar surface area (TPSA) is 21.3 Å². The lowest BCUT2D eigenvalue weighted by Crippen LogP contribution is -2.25. The molecule has 0 saturated carbocycles. The van der Waals surface area contributed by atoms with Gasteiger partial charge in [-0.15, -0.1) is 0 Å². The van der Waals surface area contributed by atoms with Crippen LogP contribution in [0.4, 0.5) is 0 Å². The monoisotopic (exact) mass is 329 g/mol. The summed E-state index contributed by atoms with van der Waals surface area (Å²) in [5, 5.41) is 5.04. The number of benzene rings is 1. The lowest BCUT2D eigenvalue weighted by molar-refractivity contribution is 0.00854. The maximum atomic E-state index is 6.37. The molecule has 0 amide bonds. The third-order valence-electron chi connectivity index (χ3n) is 4.03. The lowest BCUT2D eigenvalue weighted by atomic mass is 9.97. The van der Waals surface area contributed by atoms with E-state index in [0.29, 0.717) is 11.1 Å². The summed E-state index contributed by atoms with van der Waals surface area (Å²) < 4.78 is 5.84. The van der Waals surface area contributed by atoms with Crippen molar-refractivity contribution >= 4 is 23.2 Å². The quantitative estimate of drug-likeness (QED) is 0.724. The summed E-state index contributed by atoms with van der Waals surface area (Å²) >= 11 is 12.4. The summed E-state index contributed by atoms with van der Waals surface area (Å²) in [7, 11) is 0. The van der Waals surface area contributed by atoms with Crippen LogP contribution in [0.3, 0.4) is 0 Å². The fourth-order valence-electron chi connectivity index (χ4n) is 2.86. The molecule has 2 unspecified atom stereocenters. The van der Waals surface area contributed by atoms with E-state index in [4.69, 9.17) is 27.9 Å². The van der Waals surface area contributed by atoms with Crippen LogP contribution in [0.15, 0.2) is 18.2 Å². The number of hydrogen-bond acceptors (Lipinski definition) is 2. The molecule has 0 aromatic heterocycles. The van der Waals surface area contributed by atoms with Gasteiger partial charge in [0.25, 0.3) is 0 Å². The van der Waals surface area contributed by atoms with Crippen LogP contribution in [0, 0.1) is 0 Å². The molecule has 1 fully saturated rings. The van der Waals surface area contributed by atoms with E-state index in [1.165, 1.54) is 19.3 Å².